The monoisotopic (exact) mass is 276 g/mol. The molecule has 1 saturated heterocycles. The zero-order valence-corrected chi connectivity index (χ0v) is 12.2. The third kappa shape index (κ3) is 1.89. The Balaban J connectivity index is 2.60. The largest absolute Gasteiger partial charge is 0.359 e. The number of imide groups is 1. The molecule has 2 rings (SSSR count). The van der Waals surface area contributed by atoms with Crippen LogP contribution in [0.2, 0.25) is 0 Å². The lowest BCUT2D eigenvalue weighted by molar-refractivity contribution is -0.158. The van der Waals surface area contributed by atoms with E-state index in [1.54, 1.807) is 58.0 Å². The van der Waals surface area contributed by atoms with Crippen molar-refractivity contribution in [1.82, 2.24) is 9.80 Å². The van der Waals surface area contributed by atoms with E-state index in [1.807, 2.05) is 0 Å². The smallest absolute Gasteiger partial charge is 0.330 e. The van der Waals surface area contributed by atoms with Crippen LogP contribution in [0.4, 0.5) is 4.79 Å². The van der Waals surface area contributed by atoms with E-state index in [9.17, 15) is 14.7 Å². The maximum Gasteiger partial charge on any atom is 0.330 e. The molecule has 1 aromatic carbocycles. The molecule has 0 saturated carbocycles. The van der Waals surface area contributed by atoms with Crippen molar-refractivity contribution in [2.45, 2.75) is 45.5 Å². The van der Waals surface area contributed by atoms with Crippen LogP contribution in [-0.4, -0.2) is 38.9 Å². The second-order valence-corrected chi connectivity index (χ2v) is 5.55. The van der Waals surface area contributed by atoms with Crippen LogP contribution >= 0.6 is 0 Å². The SMILES string of the molecule is CC(C)N1C(=O)N(C(C)C)C(O)(c2ccccc2)C1=O. The van der Waals surface area contributed by atoms with E-state index < -0.39 is 17.7 Å². The van der Waals surface area contributed by atoms with Gasteiger partial charge in [0.15, 0.2) is 0 Å². The van der Waals surface area contributed by atoms with Gasteiger partial charge in [0, 0.05) is 17.6 Å². The molecule has 1 N–H and O–H groups in total. The van der Waals surface area contributed by atoms with Gasteiger partial charge >= 0.3 is 6.03 Å². The first kappa shape index (κ1) is 14.5. The number of carbonyl (C=O) groups excluding carboxylic acids is 2. The van der Waals surface area contributed by atoms with Crippen LogP contribution in [0.1, 0.15) is 33.3 Å². The second kappa shape index (κ2) is 4.90. The van der Waals surface area contributed by atoms with Crippen LogP contribution in [0.3, 0.4) is 0 Å². The van der Waals surface area contributed by atoms with Gasteiger partial charge in [0.2, 0.25) is 0 Å². The minimum absolute atomic E-state index is 0.291. The zero-order chi connectivity index (χ0) is 15.1. The summed E-state index contributed by atoms with van der Waals surface area (Å²) in [4.78, 5) is 27.4. The van der Waals surface area contributed by atoms with Gasteiger partial charge in [0.05, 0.1) is 0 Å². The number of carbonyl (C=O) groups is 2. The Morgan fingerprint density at radius 1 is 1.00 bits per heavy atom. The van der Waals surface area contributed by atoms with Gasteiger partial charge in [-0.2, -0.15) is 0 Å². The summed E-state index contributed by atoms with van der Waals surface area (Å²) in [5.74, 6) is -0.586. The van der Waals surface area contributed by atoms with Gasteiger partial charge in [-0.05, 0) is 27.7 Å². The molecule has 108 valence electrons. The van der Waals surface area contributed by atoms with E-state index >= 15 is 0 Å². The number of hydrogen-bond acceptors (Lipinski definition) is 3. The molecule has 3 amide bonds. The summed E-state index contributed by atoms with van der Waals surface area (Å²) in [6, 6.07) is 7.55. The molecule has 5 nitrogen and oxygen atoms in total. The summed E-state index contributed by atoms with van der Waals surface area (Å²) in [5, 5.41) is 11.0. The summed E-state index contributed by atoms with van der Waals surface area (Å²) in [7, 11) is 0. The van der Waals surface area contributed by atoms with E-state index in [4.69, 9.17) is 0 Å². The van der Waals surface area contributed by atoms with Crippen molar-refractivity contribution in [3.8, 4) is 0 Å². The number of aliphatic hydroxyl groups is 1. The molecule has 1 aliphatic heterocycles. The van der Waals surface area contributed by atoms with E-state index in [1.165, 1.54) is 4.90 Å². The van der Waals surface area contributed by atoms with Crippen molar-refractivity contribution in [1.29, 1.82) is 0 Å². The van der Waals surface area contributed by atoms with Crippen molar-refractivity contribution in [3.63, 3.8) is 0 Å². The molecule has 1 aromatic rings. The third-order valence-corrected chi connectivity index (χ3v) is 3.49. The summed E-state index contributed by atoms with van der Waals surface area (Å²) < 4.78 is 0. The molecule has 1 atom stereocenters. The molecular weight excluding hydrogens is 256 g/mol. The molecule has 1 heterocycles. The Morgan fingerprint density at radius 3 is 2.00 bits per heavy atom. The minimum atomic E-state index is -1.92. The van der Waals surface area contributed by atoms with E-state index in [0.717, 1.165) is 4.90 Å². The molecule has 1 aliphatic rings. The van der Waals surface area contributed by atoms with Crippen molar-refractivity contribution >= 4 is 11.9 Å². The molecule has 0 aromatic heterocycles. The highest BCUT2D eigenvalue weighted by atomic mass is 16.3. The maximum atomic E-state index is 12.6. The lowest BCUT2D eigenvalue weighted by atomic mass is 10.00. The molecule has 0 radical (unpaired) electrons. The minimum Gasteiger partial charge on any atom is -0.359 e. The standard InChI is InChI=1S/C15H20N2O3/c1-10(2)16-13(18)15(20,12-8-6-5-7-9-12)17(11(3)4)14(16)19/h5-11,20H,1-4H3. The van der Waals surface area contributed by atoms with Crippen LogP contribution in [0.5, 0.6) is 0 Å². The number of rotatable bonds is 3. The van der Waals surface area contributed by atoms with Crippen LogP contribution < -0.4 is 0 Å². The highest BCUT2D eigenvalue weighted by Gasteiger charge is 2.59. The van der Waals surface area contributed by atoms with Gasteiger partial charge in [-0.3, -0.25) is 14.6 Å². The highest BCUT2D eigenvalue weighted by Crippen LogP contribution is 2.37. The topological polar surface area (TPSA) is 60.9 Å². The molecule has 1 fully saturated rings. The molecule has 0 aliphatic carbocycles. The number of urea groups is 1. The third-order valence-electron chi connectivity index (χ3n) is 3.49. The quantitative estimate of drug-likeness (QED) is 0.858. The lowest BCUT2D eigenvalue weighted by Gasteiger charge is -2.33. The summed E-state index contributed by atoms with van der Waals surface area (Å²) in [6.07, 6.45) is 0. The maximum absolute atomic E-state index is 12.6. The predicted octanol–water partition coefficient (Wildman–Crippen LogP) is 1.91. The summed E-state index contributed by atoms with van der Waals surface area (Å²) >= 11 is 0. The number of benzene rings is 1. The Morgan fingerprint density at radius 2 is 1.55 bits per heavy atom. The Labute approximate surface area is 118 Å². The van der Waals surface area contributed by atoms with Crippen molar-refractivity contribution in [3.05, 3.63) is 35.9 Å². The average Bonchev–Trinajstić information content (AvgIpc) is 2.59. The molecule has 20 heavy (non-hydrogen) atoms. The Hall–Kier alpha value is -1.88. The molecule has 1 unspecified atom stereocenters. The van der Waals surface area contributed by atoms with E-state index in [2.05, 4.69) is 0 Å². The Kier molecular flexibility index (Phi) is 3.56. The molecule has 0 bridgehead atoms. The number of hydrogen-bond donors (Lipinski definition) is 1. The first-order valence-electron chi connectivity index (χ1n) is 6.76. The number of amides is 3. The second-order valence-electron chi connectivity index (χ2n) is 5.55. The predicted molar refractivity (Wildman–Crippen MR) is 74.7 cm³/mol. The first-order valence-corrected chi connectivity index (χ1v) is 6.76. The van der Waals surface area contributed by atoms with Crippen LogP contribution in [0.15, 0.2) is 30.3 Å². The van der Waals surface area contributed by atoms with Gasteiger partial charge in [-0.1, -0.05) is 30.3 Å². The fourth-order valence-electron chi connectivity index (χ4n) is 2.60. The molecular formula is C15H20N2O3. The summed E-state index contributed by atoms with van der Waals surface area (Å²) in [5.41, 5.74) is -1.51. The van der Waals surface area contributed by atoms with Crippen molar-refractivity contribution in [2.75, 3.05) is 0 Å². The highest BCUT2D eigenvalue weighted by molar-refractivity contribution is 6.06. The van der Waals surface area contributed by atoms with Crippen molar-refractivity contribution < 1.29 is 14.7 Å². The fourth-order valence-corrected chi connectivity index (χ4v) is 2.60. The van der Waals surface area contributed by atoms with Gasteiger partial charge in [-0.25, -0.2) is 4.79 Å². The van der Waals surface area contributed by atoms with Crippen molar-refractivity contribution in [2.24, 2.45) is 0 Å². The Bertz CT molecular complexity index is 527. The zero-order valence-electron chi connectivity index (χ0n) is 12.2. The van der Waals surface area contributed by atoms with Gasteiger partial charge < -0.3 is 5.11 Å². The summed E-state index contributed by atoms with van der Waals surface area (Å²) in [6.45, 7) is 7.07. The van der Waals surface area contributed by atoms with E-state index in [0.29, 0.717) is 5.56 Å². The van der Waals surface area contributed by atoms with Gasteiger partial charge in [0.25, 0.3) is 11.6 Å². The normalized spacial score (nSPS) is 23.4. The average molecular weight is 276 g/mol. The van der Waals surface area contributed by atoms with Gasteiger partial charge in [-0.15, -0.1) is 0 Å². The molecule has 5 heteroatoms. The van der Waals surface area contributed by atoms with Crippen LogP contribution in [0, 0.1) is 0 Å². The first-order chi connectivity index (χ1) is 9.31. The molecule has 0 spiro atoms. The lowest BCUT2D eigenvalue weighted by Crippen LogP contribution is -2.50. The van der Waals surface area contributed by atoms with Gasteiger partial charge in [0.1, 0.15) is 0 Å². The van der Waals surface area contributed by atoms with Crippen LogP contribution in [-0.2, 0) is 10.5 Å². The fraction of sp³-hybridized carbons (Fsp3) is 0.467. The number of nitrogens with zero attached hydrogens (tertiary/aromatic N) is 2. The van der Waals surface area contributed by atoms with Crippen LogP contribution in [0.25, 0.3) is 0 Å². The van der Waals surface area contributed by atoms with E-state index in [-0.39, 0.29) is 12.1 Å².